The summed E-state index contributed by atoms with van der Waals surface area (Å²) in [4.78, 5) is 32.2. The van der Waals surface area contributed by atoms with Crippen molar-refractivity contribution in [2.45, 2.75) is 46.5 Å². The lowest BCUT2D eigenvalue weighted by Crippen LogP contribution is -2.53. The van der Waals surface area contributed by atoms with Gasteiger partial charge in [-0.15, -0.1) is 0 Å². The molecule has 1 unspecified atom stereocenters. The van der Waals surface area contributed by atoms with Gasteiger partial charge in [0.15, 0.2) is 0 Å². The summed E-state index contributed by atoms with van der Waals surface area (Å²) < 4.78 is 0. The Morgan fingerprint density at radius 3 is 2.31 bits per heavy atom. The maximum Gasteiger partial charge on any atom is 0.227 e. The second-order valence-electron chi connectivity index (χ2n) is 9.82. The number of piperazine rings is 1. The summed E-state index contributed by atoms with van der Waals surface area (Å²) in [5.41, 5.74) is 1.39. The van der Waals surface area contributed by atoms with Crippen LogP contribution in [0.25, 0.3) is 0 Å². The largest absolute Gasteiger partial charge is 0.342 e. The maximum absolute atomic E-state index is 13.1. The van der Waals surface area contributed by atoms with Gasteiger partial charge in [0.25, 0.3) is 0 Å². The molecule has 2 fully saturated rings. The van der Waals surface area contributed by atoms with E-state index < -0.39 is 0 Å². The maximum atomic E-state index is 13.1. The van der Waals surface area contributed by atoms with Crippen molar-refractivity contribution in [1.82, 2.24) is 14.7 Å². The lowest BCUT2D eigenvalue weighted by Gasteiger charge is -2.39. The first kappa shape index (κ1) is 21.8. The molecular weight excluding hydrogens is 362 g/mol. The fourth-order valence-corrected chi connectivity index (χ4v) is 4.23. The van der Waals surface area contributed by atoms with E-state index in [0.717, 1.165) is 57.7 Å². The van der Waals surface area contributed by atoms with Gasteiger partial charge < -0.3 is 9.80 Å². The molecule has 5 nitrogen and oxygen atoms in total. The first-order valence-electron chi connectivity index (χ1n) is 11.1. The second-order valence-corrected chi connectivity index (χ2v) is 9.82. The van der Waals surface area contributed by atoms with Gasteiger partial charge in [0.05, 0.1) is 12.3 Å². The van der Waals surface area contributed by atoms with Crippen molar-refractivity contribution in [3.05, 3.63) is 35.9 Å². The monoisotopic (exact) mass is 399 g/mol. The smallest absolute Gasteiger partial charge is 0.227 e. The summed E-state index contributed by atoms with van der Waals surface area (Å²) in [5.74, 6) is 0.350. The summed E-state index contributed by atoms with van der Waals surface area (Å²) in [6.45, 7) is 12.9. The van der Waals surface area contributed by atoms with E-state index in [1.165, 1.54) is 6.42 Å². The minimum atomic E-state index is -0.0374. The van der Waals surface area contributed by atoms with E-state index >= 15 is 0 Å². The third kappa shape index (κ3) is 6.56. The van der Waals surface area contributed by atoms with Crippen LogP contribution in [-0.4, -0.2) is 72.3 Å². The molecule has 160 valence electrons. The molecule has 2 saturated heterocycles. The molecule has 0 radical (unpaired) electrons. The van der Waals surface area contributed by atoms with E-state index in [9.17, 15) is 9.59 Å². The van der Waals surface area contributed by atoms with Gasteiger partial charge in [-0.25, -0.2) is 0 Å². The standard InChI is InChI=1S/C24H37N3O2/c1-24(2,3)11-13-25-14-16-26(17-15-25)23(29)21-10-7-12-27(19-21)22(28)18-20-8-5-4-6-9-20/h4-6,8-9,21H,7,10-19H2,1-3H3. The van der Waals surface area contributed by atoms with Gasteiger partial charge in [-0.1, -0.05) is 51.1 Å². The Kier molecular flexibility index (Phi) is 7.33. The Morgan fingerprint density at radius 1 is 0.966 bits per heavy atom. The number of benzene rings is 1. The Hall–Kier alpha value is -1.88. The highest BCUT2D eigenvalue weighted by Gasteiger charge is 2.32. The summed E-state index contributed by atoms with van der Waals surface area (Å²) in [6, 6.07) is 9.87. The Labute approximate surface area is 176 Å². The highest BCUT2D eigenvalue weighted by molar-refractivity contribution is 5.82. The SMILES string of the molecule is CC(C)(C)CCN1CCN(C(=O)C2CCCN(C(=O)Cc3ccccc3)C2)CC1. The van der Waals surface area contributed by atoms with Crippen molar-refractivity contribution in [2.75, 3.05) is 45.8 Å². The fourth-order valence-electron chi connectivity index (χ4n) is 4.23. The molecule has 3 rings (SSSR count). The molecule has 5 heteroatoms. The van der Waals surface area contributed by atoms with Crippen LogP contribution in [0.2, 0.25) is 0 Å². The van der Waals surface area contributed by atoms with Gasteiger partial charge in [-0.2, -0.15) is 0 Å². The third-order valence-electron chi connectivity index (χ3n) is 6.18. The Bertz CT molecular complexity index is 675. The molecule has 2 aliphatic heterocycles. The summed E-state index contributed by atoms with van der Waals surface area (Å²) >= 11 is 0. The summed E-state index contributed by atoms with van der Waals surface area (Å²) in [5, 5.41) is 0. The van der Waals surface area contributed by atoms with E-state index in [1.807, 2.05) is 40.1 Å². The Morgan fingerprint density at radius 2 is 1.66 bits per heavy atom. The van der Waals surface area contributed by atoms with Crippen LogP contribution in [-0.2, 0) is 16.0 Å². The first-order chi connectivity index (χ1) is 13.8. The van der Waals surface area contributed by atoms with Gasteiger partial charge >= 0.3 is 0 Å². The lowest BCUT2D eigenvalue weighted by molar-refractivity contribution is -0.142. The number of carbonyl (C=O) groups excluding carboxylic acids is 2. The fraction of sp³-hybridized carbons (Fsp3) is 0.667. The van der Waals surface area contributed by atoms with Crippen molar-refractivity contribution in [2.24, 2.45) is 11.3 Å². The predicted octanol–water partition coefficient (Wildman–Crippen LogP) is 3.05. The van der Waals surface area contributed by atoms with Crippen molar-refractivity contribution >= 4 is 11.8 Å². The number of nitrogens with zero attached hydrogens (tertiary/aromatic N) is 3. The zero-order valence-electron chi connectivity index (χ0n) is 18.4. The van der Waals surface area contributed by atoms with Crippen LogP contribution < -0.4 is 0 Å². The number of carbonyl (C=O) groups is 2. The summed E-state index contributed by atoms with van der Waals surface area (Å²) in [7, 11) is 0. The number of piperidine rings is 1. The highest BCUT2D eigenvalue weighted by Crippen LogP contribution is 2.22. The van der Waals surface area contributed by atoms with Gasteiger partial charge in [-0.3, -0.25) is 14.5 Å². The van der Waals surface area contributed by atoms with Crippen LogP contribution in [0.5, 0.6) is 0 Å². The van der Waals surface area contributed by atoms with Crippen LogP contribution in [0.4, 0.5) is 0 Å². The van der Waals surface area contributed by atoms with Gasteiger partial charge in [-0.05, 0) is 36.8 Å². The number of likely N-dealkylation sites (tertiary alicyclic amines) is 1. The minimum absolute atomic E-state index is 0.0374. The predicted molar refractivity (Wildman–Crippen MR) is 117 cm³/mol. The van der Waals surface area contributed by atoms with Crippen molar-refractivity contribution in [3.8, 4) is 0 Å². The molecular formula is C24H37N3O2. The van der Waals surface area contributed by atoms with E-state index in [2.05, 4.69) is 25.7 Å². The number of amides is 2. The quantitative estimate of drug-likeness (QED) is 0.764. The normalized spacial score (nSPS) is 21.3. The van der Waals surface area contributed by atoms with Crippen LogP contribution in [0, 0.1) is 11.3 Å². The molecule has 1 aromatic rings. The molecule has 0 aliphatic carbocycles. The average Bonchev–Trinajstić information content (AvgIpc) is 2.72. The Balaban J connectivity index is 1.47. The van der Waals surface area contributed by atoms with Crippen LogP contribution in [0.15, 0.2) is 30.3 Å². The number of hydrogen-bond donors (Lipinski definition) is 0. The molecule has 0 N–H and O–H groups in total. The second kappa shape index (κ2) is 9.75. The first-order valence-corrected chi connectivity index (χ1v) is 11.1. The third-order valence-corrected chi connectivity index (χ3v) is 6.18. The molecule has 2 amide bonds. The van der Waals surface area contributed by atoms with Crippen LogP contribution in [0.3, 0.4) is 0 Å². The molecule has 0 spiro atoms. The number of hydrogen-bond acceptors (Lipinski definition) is 3. The van der Waals surface area contributed by atoms with Crippen LogP contribution >= 0.6 is 0 Å². The molecule has 1 atom stereocenters. The van der Waals surface area contributed by atoms with Crippen molar-refractivity contribution in [3.63, 3.8) is 0 Å². The topological polar surface area (TPSA) is 43.9 Å². The molecule has 29 heavy (non-hydrogen) atoms. The molecule has 2 heterocycles. The molecule has 0 aromatic heterocycles. The van der Waals surface area contributed by atoms with E-state index in [1.54, 1.807) is 0 Å². The van der Waals surface area contributed by atoms with Crippen molar-refractivity contribution in [1.29, 1.82) is 0 Å². The van der Waals surface area contributed by atoms with Gasteiger partial charge in [0.2, 0.25) is 11.8 Å². The lowest BCUT2D eigenvalue weighted by atomic mass is 9.92. The van der Waals surface area contributed by atoms with Gasteiger partial charge in [0, 0.05) is 39.3 Å². The average molecular weight is 400 g/mol. The summed E-state index contributed by atoms with van der Waals surface area (Å²) in [6.07, 6.45) is 3.43. The van der Waals surface area contributed by atoms with Gasteiger partial charge in [0.1, 0.15) is 0 Å². The zero-order chi connectivity index (χ0) is 20.9. The van der Waals surface area contributed by atoms with Crippen LogP contribution in [0.1, 0.15) is 45.6 Å². The minimum Gasteiger partial charge on any atom is -0.342 e. The van der Waals surface area contributed by atoms with E-state index in [4.69, 9.17) is 0 Å². The van der Waals surface area contributed by atoms with E-state index in [0.29, 0.717) is 18.4 Å². The zero-order valence-corrected chi connectivity index (χ0v) is 18.4. The molecule has 2 aliphatic rings. The number of rotatable bonds is 5. The van der Waals surface area contributed by atoms with Crippen molar-refractivity contribution < 1.29 is 9.59 Å². The molecule has 1 aromatic carbocycles. The van der Waals surface area contributed by atoms with E-state index in [-0.39, 0.29) is 17.7 Å². The molecule has 0 bridgehead atoms. The molecule has 0 saturated carbocycles. The highest BCUT2D eigenvalue weighted by atomic mass is 16.2.